The molecule has 0 N–H and O–H groups in total. The van der Waals surface area contributed by atoms with Crippen molar-refractivity contribution in [3.05, 3.63) is 55.8 Å². The molecule has 0 fully saturated rings. The van der Waals surface area contributed by atoms with Gasteiger partial charge in [-0.1, -0.05) is 12.1 Å². The van der Waals surface area contributed by atoms with Crippen LogP contribution in [0.15, 0.2) is 33.9 Å². The summed E-state index contributed by atoms with van der Waals surface area (Å²) >= 11 is 0. The van der Waals surface area contributed by atoms with Crippen molar-refractivity contribution >= 4 is 0 Å². The molecule has 4 nitrogen and oxygen atoms in total. The highest BCUT2D eigenvalue weighted by Crippen LogP contribution is 2.19. The van der Waals surface area contributed by atoms with Crippen LogP contribution >= 0.6 is 0 Å². The van der Waals surface area contributed by atoms with Crippen LogP contribution in [0.2, 0.25) is 0 Å². The molecule has 2 aromatic rings. The first kappa shape index (κ1) is 13.3. The molecule has 4 heteroatoms. The molecular weight excluding hydrogens is 244 g/mol. The summed E-state index contributed by atoms with van der Waals surface area (Å²) in [6.45, 7) is 3.65. The van der Waals surface area contributed by atoms with E-state index in [0.29, 0.717) is 12.0 Å². The highest BCUT2D eigenvalue weighted by molar-refractivity contribution is 5.43. The zero-order valence-corrected chi connectivity index (χ0v) is 11.2. The Morgan fingerprint density at radius 1 is 1.05 bits per heavy atom. The molecule has 0 aliphatic carbocycles. The molecule has 0 amide bonds. The maximum absolute atomic E-state index is 11.6. The number of ether oxygens (including phenoxy) is 2. The van der Waals surface area contributed by atoms with E-state index in [-0.39, 0.29) is 11.9 Å². The SMILES string of the molecule is COc1ccc(Cc2c(OC(C)C)c(=O)c2=O)cc1. The van der Waals surface area contributed by atoms with Crippen LogP contribution in [0.25, 0.3) is 0 Å². The summed E-state index contributed by atoms with van der Waals surface area (Å²) in [5.41, 5.74) is 0.453. The van der Waals surface area contributed by atoms with Crippen LogP contribution in [0.1, 0.15) is 25.0 Å². The van der Waals surface area contributed by atoms with E-state index in [1.165, 1.54) is 0 Å². The van der Waals surface area contributed by atoms with Crippen molar-refractivity contribution in [2.75, 3.05) is 7.11 Å². The van der Waals surface area contributed by atoms with E-state index in [1.54, 1.807) is 7.11 Å². The minimum Gasteiger partial charge on any atom is -0.497 e. The number of methoxy groups -OCH3 is 1. The maximum atomic E-state index is 11.6. The van der Waals surface area contributed by atoms with Gasteiger partial charge in [0.1, 0.15) is 5.75 Å². The Balaban J connectivity index is 2.21. The van der Waals surface area contributed by atoms with Crippen molar-refractivity contribution < 1.29 is 9.47 Å². The lowest BCUT2D eigenvalue weighted by Crippen LogP contribution is -2.38. The lowest BCUT2D eigenvalue weighted by Gasteiger charge is -2.15. The third kappa shape index (κ3) is 2.67. The van der Waals surface area contributed by atoms with Crippen molar-refractivity contribution in [1.29, 1.82) is 0 Å². The Morgan fingerprint density at radius 3 is 2.21 bits per heavy atom. The molecule has 0 saturated heterocycles. The van der Waals surface area contributed by atoms with Gasteiger partial charge in [-0.25, -0.2) is 0 Å². The summed E-state index contributed by atoms with van der Waals surface area (Å²) in [6, 6.07) is 7.39. The molecule has 0 atom stereocenters. The molecule has 0 heterocycles. The van der Waals surface area contributed by atoms with Gasteiger partial charge in [0.15, 0.2) is 5.75 Å². The van der Waals surface area contributed by atoms with Gasteiger partial charge in [-0.2, -0.15) is 0 Å². The first-order valence-electron chi connectivity index (χ1n) is 6.14. The monoisotopic (exact) mass is 260 g/mol. The Labute approximate surface area is 111 Å². The number of benzene rings is 1. The molecule has 0 aromatic heterocycles. The molecule has 0 aliphatic rings. The average molecular weight is 260 g/mol. The van der Waals surface area contributed by atoms with E-state index in [0.717, 1.165) is 11.3 Å². The van der Waals surface area contributed by atoms with Gasteiger partial charge in [-0.05, 0) is 31.5 Å². The minimum absolute atomic E-state index is 0.113. The van der Waals surface area contributed by atoms with E-state index in [9.17, 15) is 9.59 Å². The van der Waals surface area contributed by atoms with Gasteiger partial charge < -0.3 is 9.47 Å². The molecule has 19 heavy (non-hydrogen) atoms. The fourth-order valence-electron chi connectivity index (χ4n) is 1.89. The molecule has 0 saturated carbocycles. The fraction of sp³-hybridized carbons (Fsp3) is 0.333. The van der Waals surface area contributed by atoms with Crippen LogP contribution in [0.3, 0.4) is 0 Å². The van der Waals surface area contributed by atoms with Gasteiger partial charge in [0.05, 0.1) is 18.8 Å². The van der Waals surface area contributed by atoms with Crippen molar-refractivity contribution in [3.8, 4) is 11.5 Å². The Morgan fingerprint density at radius 2 is 1.68 bits per heavy atom. The molecule has 0 radical (unpaired) electrons. The van der Waals surface area contributed by atoms with E-state index in [4.69, 9.17) is 9.47 Å². The molecule has 0 unspecified atom stereocenters. The second-order valence-corrected chi connectivity index (χ2v) is 4.66. The highest BCUT2D eigenvalue weighted by Gasteiger charge is 2.23. The highest BCUT2D eigenvalue weighted by atomic mass is 16.5. The van der Waals surface area contributed by atoms with E-state index in [2.05, 4.69) is 0 Å². The summed E-state index contributed by atoms with van der Waals surface area (Å²) in [6.07, 6.45) is 0.300. The van der Waals surface area contributed by atoms with Crippen LogP contribution in [0.5, 0.6) is 11.5 Å². The zero-order valence-electron chi connectivity index (χ0n) is 11.2. The van der Waals surface area contributed by atoms with E-state index < -0.39 is 10.9 Å². The quantitative estimate of drug-likeness (QED) is 0.767. The summed E-state index contributed by atoms with van der Waals surface area (Å²) in [7, 11) is 1.60. The lowest BCUT2D eigenvalue weighted by atomic mass is 10.00. The van der Waals surface area contributed by atoms with Gasteiger partial charge in [0.2, 0.25) is 5.43 Å². The smallest absolute Gasteiger partial charge is 0.268 e. The van der Waals surface area contributed by atoms with Crippen molar-refractivity contribution in [3.63, 3.8) is 0 Å². The Bertz CT molecular complexity index is 631. The van der Waals surface area contributed by atoms with Crippen molar-refractivity contribution in [2.45, 2.75) is 26.4 Å². The maximum Gasteiger partial charge on any atom is 0.268 e. The molecule has 100 valence electrons. The van der Waals surface area contributed by atoms with Crippen molar-refractivity contribution in [2.24, 2.45) is 0 Å². The fourth-order valence-corrected chi connectivity index (χ4v) is 1.89. The summed E-state index contributed by atoms with van der Waals surface area (Å²) in [4.78, 5) is 23.0. The summed E-state index contributed by atoms with van der Waals surface area (Å²) in [5, 5.41) is 0. The van der Waals surface area contributed by atoms with E-state index >= 15 is 0 Å². The minimum atomic E-state index is -0.516. The molecular formula is C15H16O4. The predicted molar refractivity (Wildman–Crippen MR) is 72.9 cm³/mol. The van der Waals surface area contributed by atoms with Gasteiger partial charge in [0, 0.05) is 6.42 Å². The van der Waals surface area contributed by atoms with Gasteiger partial charge in [-0.15, -0.1) is 0 Å². The second-order valence-electron chi connectivity index (χ2n) is 4.66. The molecule has 0 bridgehead atoms. The van der Waals surface area contributed by atoms with Crippen LogP contribution in [0.4, 0.5) is 0 Å². The average Bonchev–Trinajstić information content (AvgIpc) is 2.42. The summed E-state index contributed by atoms with van der Waals surface area (Å²) < 4.78 is 10.5. The predicted octanol–water partition coefficient (Wildman–Crippen LogP) is 1.67. The third-order valence-corrected chi connectivity index (χ3v) is 2.85. The number of hydrogen-bond acceptors (Lipinski definition) is 4. The van der Waals surface area contributed by atoms with Gasteiger partial charge in [-0.3, -0.25) is 9.59 Å². The normalized spacial score (nSPS) is 10.9. The van der Waals surface area contributed by atoms with Crippen LogP contribution < -0.4 is 20.3 Å². The Kier molecular flexibility index (Phi) is 3.69. The first-order chi connectivity index (χ1) is 9.02. The molecule has 0 aliphatic heterocycles. The largest absolute Gasteiger partial charge is 0.497 e. The van der Waals surface area contributed by atoms with E-state index in [1.807, 2.05) is 38.1 Å². The molecule has 2 aromatic carbocycles. The van der Waals surface area contributed by atoms with Gasteiger partial charge in [0.25, 0.3) is 5.43 Å². The first-order valence-corrected chi connectivity index (χ1v) is 6.14. The zero-order chi connectivity index (χ0) is 14.0. The standard InChI is InChI=1S/C15H16O4/c1-9(2)19-15-12(13(16)14(15)17)8-10-4-6-11(18-3)7-5-10/h4-7,9H,8H2,1-3H3. The molecule has 0 spiro atoms. The van der Waals surface area contributed by atoms with Crippen LogP contribution in [-0.2, 0) is 6.42 Å². The topological polar surface area (TPSA) is 52.6 Å². The number of rotatable bonds is 5. The van der Waals surface area contributed by atoms with Crippen LogP contribution in [-0.4, -0.2) is 13.2 Å². The number of hydrogen-bond donors (Lipinski definition) is 0. The van der Waals surface area contributed by atoms with Crippen molar-refractivity contribution in [1.82, 2.24) is 0 Å². The second kappa shape index (κ2) is 5.26. The lowest BCUT2D eigenvalue weighted by molar-refractivity contribution is 0.234. The Hall–Kier alpha value is -2.10. The van der Waals surface area contributed by atoms with Crippen LogP contribution in [0, 0.1) is 0 Å². The third-order valence-electron chi connectivity index (χ3n) is 2.85. The van der Waals surface area contributed by atoms with Gasteiger partial charge >= 0.3 is 0 Å². The summed E-state index contributed by atoms with van der Waals surface area (Å²) in [5.74, 6) is 0.975. The molecule has 2 rings (SSSR count).